The average Bonchev–Trinajstić information content (AvgIpc) is 2.39. The van der Waals surface area contributed by atoms with Gasteiger partial charge in [0.05, 0.1) is 6.61 Å². The van der Waals surface area contributed by atoms with E-state index in [2.05, 4.69) is 11.9 Å². The molecule has 0 spiro atoms. The number of hydrogen-bond donors (Lipinski definition) is 1. The van der Waals surface area contributed by atoms with Crippen molar-refractivity contribution < 1.29 is 22.7 Å². The van der Waals surface area contributed by atoms with Crippen molar-refractivity contribution in [2.45, 2.75) is 23.4 Å². The van der Waals surface area contributed by atoms with E-state index in [-0.39, 0.29) is 23.3 Å². The Hall–Kier alpha value is -1.47. The molecule has 1 atom stereocenters. The van der Waals surface area contributed by atoms with Crippen LogP contribution >= 0.6 is 11.8 Å². The summed E-state index contributed by atoms with van der Waals surface area (Å²) in [5.41, 5.74) is -3.79. The highest BCUT2D eigenvalue weighted by Crippen LogP contribution is 2.37. The molecule has 0 saturated carbocycles. The third kappa shape index (κ3) is 6.22. The van der Waals surface area contributed by atoms with Gasteiger partial charge in [0.2, 0.25) is 0 Å². The number of esters is 1. The lowest BCUT2D eigenvalue weighted by atomic mass is 10.1. The predicted octanol–water partition coefficient (Wildman–Crippen LogP) is 3.68. The van der Waals surface area contributed by atoms with E-state index in [0.717, 1.165) is 0 Å². The molecule has 0 bridgehead atoms. The van der Waals surface area contributed by atoms with Gasteiger partial charge in [0.25, 0.3) is 0 Å². The molecule has 0 heterocycles. The summed E-state index contributed by atoms with van der Waals surface area (Å²) in [4.78, 5) is 11.9. The Morgan fingerprint density at radius 2 is 2.05 bits per heavy atom. The minimum Gasteiger partial charge on any atom is -0.465 e. The first-order valence-electron chi connectivity index (χ1n) is 6.24. The van der Waals surface area contributed by atoms with Crippen LogP contribution in [0, 0.1) is 0 Å². The molecule has 21 heavy (non-hydrogen) atoms. The zero-order chi connectivity index (χ0) is 15.9. The van der Waals surface area contributed by atoms with E-state index in [0.29, 0.717) is 12.1 Å². The predicted molar refractivity (Wildman–Crippen MR) is 75.9 cm³/mol. The van der Waals surface area contributed by atoms with E-state index >= 15 is 0 Å². The molecule has 0 radical (unpaired) electrons. The molecule has 1 rings (SSSR count). The van der Waals surface area contributed by atoms with Crippen molar-refractivity contribution in [3.05, 3.63) is 42.5 Å². The van der Waals surface area contributed by atoms with Gasteiger partial charge in [0.1, 0.15) is 6.04 Å². The minimum atomic E-state index is -4.33. The third-order valence-corrected chi connectivity index (χ3v) is 3.17. The van der Waals surface area contributed by atoms with E-state index in [9.17, 15) is 18.0 Å². The number of halogens is 3. The van der Waals surface area contributed by atoms with Crippen molar-refractivity contribution in [1.82, 2.24) is 5.32 Å². The Morgan fingerprint density at radius 3 is 2.52 bits per heavy atom. The van der Waals surface area contributed by atoms with Crippen LogP contribution in [0.5, 0.6) is 0 Å². The number of alkyl halides is 3. The summed E-state index contributed by atoms with van der Waals surface area (Å²) in [5, 5.41) is 2.92. The Labute approximate surface area is 125 Å². The molecular formula is C14H16F3NO2S. The van der Waals surface area contributed by atoms with Crippen LogP contribution in [-0.4, -0.2) is 24.6 Å². The molecule has 1 N–H and O–H groups in total. The van der Waals surface area contributed by atoms with E-state index in [4.69, 9.17) is 4.74 Å². The summed E-state index contributed by atoms with van der Waals surface area (Å²) >= 11 is -0.195. The summed E-state index contributed by atoms with van der Waals surface area (Å²) in [5.74, 6) is -0.476. The highest BCUT2D eigenvalue weighted by molar-refractivity contribution is 8.00. The Bertz CT molecular complexity index is 474. The van der Waals surface area contributed by atoms with Crippen molar-refractivity contribution in [3.8, 4) is 0 Å². The molecule has 0 fully saturated rings. The van der Waals surface area contributed by atoms with Crippen LogP contribution in [-0.2, 0) is 9.53 Å². The molecule has 116 valence electrons. The summed E-state index contributed by atoms with van der Waals surface area (Å²) in [7, 11) is 0. The summed E-state index contributed by atoms with van der Waals surface area (Å²) < 4.78 is 41.7. The Balaban J connectivity index is 2.87. The largest absolute Gasteiger partial charge is 0.465 e. The van der Waals surface area contributed by atoms with Gasteiger partial charge in [0, 0.05) is 11.4 Å². The number of benzene rings is 1. The lowest BCUT2D eigenvalue weighted by Crippen LogP contribution is -2.30. The number of ether oxygens (including phenoxy) is 1. The van der Waals surface area contributed by atoms with Crippen molar-refractivity contribution in [2.75, 3.05) is 13.2 Å². The molecular weight excluding hydrogens is 303 g/mol. The van der Waals surface area contributed by atoms with E-state index < -0.39 is 17.5 Å². The van der Waals surface area contributed by atoms with Crippen LogP contribution in [0.1, 0.15) is 18.5 Å². The van der Waals surface area contributed by atoms with Gasteiger partial charge in [-0.3, -0.25) is 5.32 Å². The van der Waals surface area contributed by atoms with Crippen LogP contribution < -0.4 is 5.32 Å². The quantitative estimate of drug-likeness (QED) is 0.473. The Morgan fingerprint density at radius 1 is 1.43 bits per heavy atom. The third-order valence-electron chi connectivity index (χ3n) is 2.44. The van der Waals surface area contributed by atoms with Crippen molar-refractivity contribution >= 4 is 17.7 Å². The van der Waals surface area contributed by atoms with Gasteiger partial charge in [0.15, 0.2) is 0 Å². The fraction of sp³-hybridized carbons (Fsp3) is 0.357. The van der Waals surface area contributed by atoms with Gasteiger partial charge in [-0.2, -0.15) is 13.2 Å². The van der Waals surface area contributed by atoms with Gasteiger partial charge in [-0.05, 0) is 36.4 Å². The second kappa shape index (κ2) is 8.09. The van der Waals surface area contributed by atoms with Crippen LogP contribution in [0.25, 0.3) is 0 Å². The number of rotatable bonds is 7. The molecule has 1 aromatic rings. The van der Waals surface area contributed by atoms with Gasteiger partial charge < -0.3 is 4.74 Å². The molecule has 1 aromatic carbocycles. The van der Waals surface area contributed by atoms with E-state index in [1.165, 1.54) is 24.3 Å². The zero-order valence-corrected chi connectivity index (χ0v) is 12.3. The molecule has 3 nitrogen and oxygen atoms in total. The fourth-order valence-electron chi connectivity index (χ4n) is 1.63. The maximum absolute atomic E-state index is 12.3. The lowest BCUT2D eigenvalue weighted by Gasteiger charge is -2.17. The topological polar surface area (TPSA) is 38.3 Å². The number of carbonyl (C=O) groups is 1. The maximum atomic E-state index is 12.3. The first-order valence-corrected chi connectivity index (χ1v) is 7.05. The molecule has 0 saturated heterocycles. The zero-order valence-electron chi connectivity index (χ0n) is 11.4. The monoisotopic (exact) mass is 319 g/mol. The first kappa shape index (κ1) is 17.6. The minimum absolute atomic E-state index is 0.0672. The van der Waals surface area contributed by atoms with Crippen LogP contribution in [0.2, 0.25) is 0 Å². The smallest absolute Gasteiger partial charge is 0.446 e. The number of thioether (sulfide) groups is 1. The number of nitrogens with one attached hydrogen (secondary N) is 1. The average molecular weight is 319 g/mol. The fourth-order valence-corrected chi connectivity index (χ4v) is 2.17. The van der Waals surface area contributed by atoms with Gasteiger partial charge in [-0.25, -0.2) is 4.79 Å². The van der Waals surface area contributed by atoms with Crippen LogP contribution in [0.3, 0.4) is 0 Å². The van der Waals surface area contributed by atoms with Crippen molar-refractivity contribution in [1.29, 1.82) is 0 Å². The molecule has 0 aromatic heterocycles. The second-order valence-electron chi connectivity index (χ2n) is 4.00. The Kier molecular flexibility index (Phi) is 6.77. The molecule has 0 aliphatic rings. The van der Waals surface area contributed by atoms with E-state index in [1.54, 1.807) is 13.0 Å². The lowest BCUT2D eigenvalue weighted by molar-refractivity contribution is -0.145. The summed E-state index contributed by atoms with van der Waals surface area (Å²) in [6.07, 6.45) is 1.58. The van der Waals surface area contributed by atoms with Crippen LogP contribution in [0.15, 0.2) is 41.8 Å². The maximum Gasteiger partial charge on any atom is 0.446 e. The first-order chi connectivity index (χ1) is 9.87. The highest BCUT2D eigenvalue weighted by atomic mass is 32.2. The highest BCUT2D eigenvalue weighted by Gasteiger charge is 2.29. The number of hydrogen-bond acceptors (Lipinski definition) is 4. The summed E-state index contributed by atoms with van der Waals surface area (Å²) in [6.45, 7) is 5.84. The molecule has 0 aliphatic carbocycles. The SMILES string of the molecule is C=CCNC(C(=O)OCC)c1ccc(SC(F)(F)F)cc1. The molecule has 0 amide bonds. The van der Waals surface area contributed by atoms with Crippen LogP contribution in [0.4, 0.5) is 13.2 Å². The normalized spacial score (nSPS) is 12.8. The molecule has 0 aliphatic heterocycles. The summed E-state index contributed by atoms with van der Waals surface area (Å²) in [6, 6.07) is 4.88. The van der Waals surface area contributed by atoms with Crippen molar-refractivity contribution in [2.24, 2.45) is 0 Å². The van der Waals surface area contributed by atoms with E-state index in [1.807, 2.05) is 0 Å². The molecule has 1 unspecified atom stereocenters. The second-order valence-corrected chi connectivity index (χ2v) is 5.14. The number of carbonyl (C=O) groups excluding carboxylic acids is 1. The van der Waals surface area contributed by atoms with Gasteiger partial charge in [-0.1, -0.05) is 18.2 Å². The molecule has 7 heteroatoms. The standard InChI is InChI=1S/C14H16F3NO2S/c1-3-9-18-12(13(19)20-4-2)10-5-7-11(8-6-10)21-14(15,16)17/h3,5-8,12,18H,1,4,9H2,2H3. The van der Waals surface area contributed by atoms with Gasteiger partial charge >= 0.3 is 11.5 Å². The van der Waals surface area contributed by atoms with Gasteiger partial charge in [-0.15, -0.1) is 6.58 Å². The van der Waals surface area contributed by atoms with Crippen molar-refractivity contribution in [3.63, 3.8) is 0 Å².